The molecule has 25 heavy (non-hydrogen) atoms. The number of hydrogen-bond donors (Lipinski definition) is 1. The van der Waals surface area contributed by atoms with Gasteiger partial charge in [-0.25, -0.2) is 4.98 Å². The van der Waals surface area contributed by atoms with E-state index in [1.165, 1.54) is 0 Å². The van der Waals surface area contributed by atoms with Gasteiger partial charge in [-0.05, 0) is 46.8 Å². The maximum Gasteiger partial charge on any atom is 0.258 e. The van der Waals surface area contributed by atoms with Gasteiger partial charge < -0.3 is 14.4 Å². The van der Waals surface area contributed by atoms with Crippen LogP contribution >= 0.6 is 0 Å². The SMILES string of the molecule is Cc1cc(C(=O)Nc2cc(C#N)cn2C(C)(C)C)c2c(C)noc2n1. The highest BCUT2D eigenvalue weighted by atomic mass is 16.5. The van der Waals surface area contributed by atoms with Gasteiger partial charge in [0.15, 0.2) is 0 Å². The van der Waals surface area contributed by atoms with Crippen LogP contribution < -0.4 is 5.32 Å². The number of hydrogen-bond acceptors (Lipinski definition) is 5. The first-order valence-electron chi connectivity index (χ1n) is 7.88. The van der Waals surface area contributed by atoms with Crippen LogP contribution in [0.3, 0.4) is 0 Å². The minimum absolute atomic E-state index is 0.283. The summed E-state index contributed by atoms with van der Waals surface area (Å²) in [5.74, 6) is 0.265. The van der Waals surface area contributed by atoms with Crippen molar-refractivity contribution in [3.63, 3.8) is 0 Å². The molecule has 1 N–H and O–H groups in total. The van der Waals surface area contributed by atoms with Crippen molar-refractivity contribution in [1.82, 2.24) is 14.7 Å². The standard InChI is InChI=1S/C18H19N5O2/c1-10-6-13(15-11(2)22-25-17(15)20-10)16(24)21-14-7-12(8-19)9-23(14)18(3,4)5/h6-7,9H,1-5H3,(H,21,24). The third kappa shape index (κ3) is 2.98. The molecule has 0 radical (unpaired) electrons. The molecule has 0 aliphatic carbocycles. The van der Waals surface area contributed by atoms with Gasteiger partial charge in [0.2, 0.25) is 0 Å². The van der Waals surface area contributed by atoms with E-state index in [-0.39, 0.29) is 11.4 Å². The zero-order valence-electron chi connectivity index (χ0n) is 14.8. The van der Waals surface area contributed by atoms with Crippen LogP contribution in [0.1, 0.15) is 48.1 Å². The molecule has 0 spiro atoms. The second-order valence-electron chi connectivity index (χ2n) is 6.98. The van der Waals surface area contributed by atoms with Crippen LogP contribution in [0.5, 0.6) is 0 Å². The first-order valence-corrected chi connectivity index (χ1v) is 7.88. The Balaban J connectivity index is 2.06. The molecule has 7 nitrogen and oxygen atoms in total. The molecular weight excluding hydrogens is 318 g/mol. The molecule has 0 fully saturated rings. The quantitative estimate of drug-likeness (QED) is 0.771. The maximum absolute atomic E-state index is 12.9. The second-order valence-corrected chi connectivity index (χ2v) is 6.98. The van der Waals surface area contributed by atoms with Crippen molar-refractivity contribution in [2.45, 2.75) is 40.2 Å². The summed E-state index contributed by atoms with van der Waals surface area (Å²) in [4.78, 5) is 17.2. The number of rotatable bonds is 2. The third-order valence-electron chi connectivity index (χ3n) is 3.90. The molecule has 3 heterocycles. The Bertz CT molecular complexity index is 1010. The molecule has 0 saturated carbocycles. The monoisotopic (exact) mass is 337 g/mol. The summed E-state index contributed by atoms with van der Waals surface area (Å²) < 4.78 is 7.05. The Morgan fingerprint density at radius 3 is 2.68 bits per heavy atom. The van der Waals surface area contributed by atoms with Crippen molar-refractivity contribution < 1.29 is 9.32 Å². The van der Waals surface area contributed by atoms with Gasteiger partial charge in [-0.1, -0.05) is 5.16 Å². The topological polar surface area (TPSA) is 96.7 Å². The minimum atomic E-state index is -0.296. The number of nitriles is 1. The van der Waals surface area contributed by atoms with E-state index in [0.29, 0.717) is 39.4 Å². The van der Waals surface area contributed by atoms with E-state index in [1.54, 1.807) is 32.2 Å². The summed E-state index contributed by atoms with van der Waals surface area (Å²) in [6, 6.07) is 5.48. The lowest BCUT2D eigenvalue weighted by molar-refractivity contribution is 0.102. The zero-order valence-corrected chi connectivity index (χ0v) is 14.8. The smallest absolute Gasteiger partial charge is 0.258 e. The predicted molar refractivity (Wildman–Crippen MR) is 93.4 cm³/mol. The number of aromatic nitrogens is 3. The summed E-state index contributed by atoms with van der Waals surface area (Å²) in [6.07, 6.45) is 1.73. The van der Waals surface area contributed by atoms with Crippen LogP contribution in [-0.4, -0.2) is 20.6 Å². The Labute approximate surface area is 145 Å². The second kappa shape index (κ2) is 5.74. The summed E-state index contributed by atoms with van der Waals surface area (Å²) in [5, 5.41) is 16.6. The van der Waals surface area contributed by atoms with E-state index in [9.17, 15) is 10.1 Å². The van der Waals surface area contributed by atoms with Crippen LogP contribution in [0.4, 0.5) is 5.82 Å². The number of amides is 1. The third-order valence-corrected chi connectivity index (χ3v) is 3.90. The van der Waals surface area contributed by atoms with E-state index in [1.807, 2.05) is 25.3 Å². The number of pyridine rings is 1. The van der Waals surface area contributed by atoms with Crippen LogP contribution in [-0.2, 0) is 5.54 Å². The summed E-state index contributed by atoms with van der Waals surface area (Å²) >= 11 is 0. The molecule has 1 amide bonds. The lowest BCUT2D eigenvalue weighted by Crippen LogP contribution is -2.25. The minimum Gasteiger partial charge on any atom is -0.336 e. The number of nitrogens with zero attached hydrogens (tertiary/aromatic N) is 4. The first-order chi connectivity index (χ1) is 11.7. The number of fused-ring (bicyclic) bond motifs is 1. The number of anilines is 1. The molecule has 0 unspecified atom stereocenters. The molecule has 0 aliphatic heterocycles. The van der Waals surface area contributed by atoms with E-state index in [2.05, 4.69) is 21.5 Å². The molecule has 3 rings (SSSR count). The van der Waals surface area contributed by atoms with Crippen molar-refractivity contribution in [2.24, 2.45) is 0 Å². The number of nitrogens with one attached hydrogen (secondary N) is 1. The van der Waals surface area contributed by atoms with Gasteiger partial charge >= 0.3 is 0 Å². The lowest BCUT2D eigenvalue weighted by atomic mass is 10.1. The number of carbonyl (C=O) groups excluding carboxylic acids is 1. The molecular formula is C18H19N5O2. The highest BCUT2D eigenvalue weighted by Gasteiger charge is 2.22. The van der Waals surface area contributed by atoms with Crippen LogP contribution in [0, 0.1) is 25.2 Å². The molecule has 0 atom stereocenters. The zero-order chi connectivity index (χ0) is 18.4. The van der Waals surface area contributed by atoms with Gasteiger partial charge in [0, 0.05) is 17.4 Å². The van der Waals surface area contributed by atoms with E-state index >= 15 is 0 Å². The summed E-state index contributed by atoms with van der Waals surface area (Å²) in [6.45, 7) is 9.57. The molecule has 128 valence electrons. The van der Waals surface area contributed by atoms with Crippen molar-refractivity contribution in [1.29, 1.82) is 5.26 Å². The highest BCUT2D eigenvalue weighted by Crippen LogP contribution is 2.26. The number of aryl methyl sites for hydroxylation is 2. The molecule has 0 aromatic carbocycles. The Morgan fingerprint density at radius 1 is 1.32 bits per heavy atom. The van der Waals surface area contributed by atoms with Gasteiger partial charge in [0.1, 0.15) is 11.9 Å². The van der Waals surface area contributed by atoms with E-state index in [0.717, 1.165) is 0 Å². The van der Waals surface area contributed by atoms with Crippen LogP contribution in [0.25, 0.3) is 11.1 Å². The largest absolute Gasteiger partial charge is 0.336 e. The normalized spacial score (nSPS) is 11.5. The molecule has 0 bridgehead atoms. The molecule has 3 aromatic heterocycles. The fourth-order valence-corrected chi connectivity index (χ4v) is 2.76. The highest BCUT2D eigenvalue weighted by molar-refractivity contribution is 6.12. The van der Waals surface area contributed by atoms with Crippen molar-refractivity contribution in [3.8, 4) is 6.07 Å². The maximum atomic E-state index is 12.9. The summed E-state index contributed by atoms with van der Waals surface area (Å²) in [7, 11) is 0. The average molecular weight is 337 g/mol. The Kier molecular flexibility index (Phi) is 3.84. The van der Waals surface area contributed by atoms with Gasteiger partial charge in [-0.15, -0.1) is 0 Å². The first kappa shape index (κ1) is 16.7. The number of carbonyl (C=O) groups is 1. The van der Waals surface area contributed by atoms with E-state index < -0.39 is 0 Å². The molecule has 7 heteroatoms. The summed E-state index contributed by atoms with van der Waals surface area (Å²) in [5.41, 5.74) is 2.26. The van der Waals surface area contributed by atoms with Gasteiger partial charge in [-0.3, -0.25) is 4.79 Å². The van der Waals surface area contributed by atoms with Crippen LogP contribution in [0.15, 0.2) is 22.9 Å². The average Bonchev–Trinajstić information content (AvgIpc) is 3.10. The fourth-order valence-electron chi connectivity index (χ4n) is 2.76. The van der Waals surface area contributed by atoms with E-state index in [4.69, 9.17) is 4.52 Å². The van der Waals surface area contributed by atoms with Crippen LogP contribution in [0.2, 0.25) is 0 Å². The fraction of sp³-hybridized carbons (Fsp3) is 0.333. The van der Waals surface area contributed by atoms with Crippen molar-refractivity contribution in [3.05, 3.63) is 40.8 Å². The van der Waals surface area contributed by atoms with Gasteiger partial charge in [0.25, 0.3) is 11.6 Å². The predicted octanol–water partition coefficient (Wildman–Crippen LogP) is 3.52. The molecule has 0 saturated heterocycles. The van der Waals surface area contributed by atoms with Crippen molar-refractivity contribution >= 4 is 22.8 Å². The Morgan fingerprint density at radius 2 is 2.04 bits per heavy atom. The van der Waals surface area contributed by atoms with Crippen molar-refractivity contribution in [2.75, 3.05) is 5.32 Å². The lowest BCUT2D eigenvalue weighted by Gasteiger charge is -2.24. The van der Waals surface area contributed by atoms with Gasteiger partial charge in [-0.2, -0.15) is 5.26 Å². The molecule has 3 aromatic rings. The molecule has 0 aliphatic rings. The Hall–Kier alpha value is -3.14. The van der Waals surface area contributed by atoms with Gasteiger partial charge in [0.05, 0.1) is 22.2 Å².